The largest absolute Gasteiger partial charge is 0.356 e. The highest BCUT2D eigenvalue weighted by Crippen LogP contribution is 2.05. The third-order valence-electron chi connectivity index (χ3n) is 4.41. The molecule has 0 atom stereocenters. The zero-order valence-corrected chi connectivity index (χ0v) is 20.3. The standard InChI is InChI=1S/C21H37N5O.HI/c1-17(2)26(18(3)4)15-9-13-23-21(22-5)24-14-12-20(27)25-16-19-10-7-6-8-11-19;/h6-8,10-11,17-18H,9,12-16H2,1-5H3,(H,25,27)(H2,22,23,24);1H. The van der Waals surface area contributed by atoms with Gasteiger partial charge in [0.15, 0.2) is 5.96 Å². The normalized spacial score (nSPS) is 11.5. The van der Waals surface area contributed by atoms with E-state index in [-0.39, 0.29) is 29.9 Å². The topological polar surface area (TPSA) is 68.8 Å². The van der Waals surface area contributed by atoms with E-state index in [1.54, 1.807) is 7.05 Å². The molecule has 28 heavy (non-hydrogen) atoms. The molecular formula is C21H38IN5O. The average Bonchev–Trinajstić information content (AvgIpc) is 2.64. The van der Waals surface area contributed by atoms with Gasteiger partial charge in [-0.25, -0.2) is 0 Å². The molecular weight excluding hydrogens is 465 g/mol. The Hall–Kier alpha value is -1.35. The number of amides is 1. The van der Waals surface area contributed by atoms with Crippen LogP contribution in [0.1, 0.15) is 46.1 Å². The molecule has 160 valence electrons. The zero-order chi connectivity index (χ0) is 20.1. The first-order valence-corrected chi connectivity index (χ1v) is 9.95. The molecule has 1 amide bonds. The van der Waals surface area contributed by atoms with Crippen LogP contribution in [0.25, 0.3) is 0 Å². The quantitative estimate of drug-likeness (QED) is 0.188. The Morgan fingerprint density at radius 1 is 1.00 bits per heavy atom. The number of guanidine groups is 1. The predicted molar refractivity (Wildman–Crippen MR) is 129 cm³/mol. The Kier molecular flexibility index (Phi) is 14.8. The van der Waals surface area contributed by atoms with Gasteiger partial charge in [-0.3, -0.25) is 14.7 Å². The smallest absolute Gasteiger partial charge is 0.222 e. The second-order valence-corrected chi connectivity index (χ2v) is 7.22. The summed E-state index contributed by atoms with van der Waals surface area (Å²) in [6.45, 7) is 12.0. The molecule has 6 nitrogen and oxygen atoms in total. The molecule has 0 saturated carbocycles. The summed E-state index contributed by atoms with van der Waals surface area (Å²) < 4.78 is 0. The first-order chi connectivity index (χ1) is 12.9. The lowest BCUT2D eigenvalue weighted by atomic mass is 10.2. The fourth-order valence-corrected chi connectivity index (χ4v) is 2.98. The van der Waals surface area contributed by atoms with Gasteiger partial charge in [0, 0.05) is 51.7 Å². The van der Waals surface area contributed by atoms with Crippen LogP contribution < -0.4 is 16.0 Å². The molecule has 0 aliphatic rings. The Labute approximate surface area is 188 Å². The van der Waals surface area contributed by atoms with E-state index >= 15 is 0 Å². The van der Waals surface area contributed by atoms with E-state index in [4.69, 9.17) is 0 Å². The van der Waals surface area contributed by atoms with Gasteiger partial charge in [-0.1, -0.05) is 30.3 Å². The minimum atomic E-state index is 0. The minimum Gasteiger partial charge on any atom is -0.356 e. The van der Waals surface area contributed by atoms with E-state index in [2.05, 4.69) is 53.5 Å². The Morgan fingerprint density at radius 2 is 1.61 bits per heavy atom. The monoisotopic (exact) mass is 503 g/mol. The Balaban J connectivity index is 0.00000729. The number of halogens is 1. The van der Waals surface area contributed by atoms with Crippen LogP contribution in [-0.2, 0) is 11.3 Å². The molecule has 1 aromatic rings. The minimum absolute atomic E-state index is 0. The van der Waals surface area contributed by atoms with Gasteiger partial charge in [-0.2, -0.15) is 0 Å². The number of nitrogens with zero attached hydrogens (tertiary/aromatic N) is 2. The lowest BCUT2D eigenvalue weighted by Crippen LogP contribution is -2.42. The maximum Gasteiger partial charge on any atom is 0.222 e. The first kappa shape index (κ1) is 26.6. The highest BCUT2D eigenvalue weighted by Gasteiger charge is 2.12. The number of aliphatic imine (C=N–C) groups is 1. The lowest BCUT2D eigenvalue weighted by Gasteiger charge is -2.30. The molecule has 0 bridgehead atoms. The summed E-state index contributed by atoms with van der Waals surface area (Å²) in [5.74, 6) is 0.776. The number of carbonyl (C=O) groups is 1. The van der Waals surface area contributed by atoms with Crippen LogP contribution in [0.15, 0.2) is 35.3 Å². The highest BCUT2D eigenvalue weighted by atomic mass is 127. The Morgan fingerprint density at radius 3 is 2.18 bits per heavy atom. The second-order valence-electron chi connectivity index (χ2n) is 7.22. The van der Waals surface area contributed by atoms with E-state index in [9.17, 15) is 4.79 Å². The molecule has 0 fully saturated rings. The maximum absolute atomic E-state index is 11.9. The fourth-order valence-electron chi connectivity index (χ4n) is 2.98. The van der Waals surface area contributed by atoms with Gasteiger partial charge in [0.1, 0.15) is 0 Å². The molecule has 1 aromatic carbocycles. The summed E-state index contributed by atoms with van der Waals surface area (Å²) in [6, 6.07) is 11.0. The summed E-state index contributed by atoms with van der Waals surface area (Å²) in [5.41, 5.74) is 1.10. The van der Waals surface area contributed by atoms with E-state index in [0.717, 1.165) is 31.0 Å². The molecule has 0 unspecified atom stereocenters. The van der Waals surface area contributed by atoms with Crippen LogP contribution in [-0.4, -0.2) is 55.5 Å². The van der Waals surface area contributed by atoms with Gasteiger partial charge >= 0.3 is 0 Å². The number of hydrogen-bond donors (Lipinski definition) is 3. The van der Waals surface area contributed by atoms with E-state index in [0.29, 0.717) is 31.6 Å². The van der Waals surface area contributed by atoms with Crippen molar-refractivity contribution in [2.75, 3.05) is 26.7 Å². The van der Waals surface area contributed by atoms with Gasteiger partial charge in [0.25, 0.3) is 0 Å². The van der Waals surface area contributed by atoms with Gasteiger partial charge in [0.05, 0.1) is 0 Å². The summed E-state index contributed by atoms with van der Waals surface area (Å²) in [5, 5.41) is 9.44. The van der Waals surface area contributed by atoms with Crippen molar-refractivity contribution in [1.29, 1.82) is 0 Å². The zero-order valence-electron chi connectivity index (χ0n) is 18.0. The molecule has 3 N–H and O–H groups in total. The molecule has 0 spiro atoms. The van der Waals surface area contributed by atoms with Crippen molar-refractivity contribution >= 4 is 35.8 Å². The molecule has 0 aliphatic heterocycles. The van der Waals surface area contributed by atoms with Gasteiger partial charge in [0.2, 0.25) is 5.91 Å². The predicted octanol–water partition coefficient (Wildman–Crippen LogP) is 2.98. The van der Waals surface area contributed by atoms with Gasteiger partial charge in [-0.05, 0) is 39.7 Å². The van der Waals surface area contributed by atoms with E-state index in [1.165, 1.54) is 0 Å². The van der Waals surface area contributed by atoms with Crippen LogP contribution in [0, 0.1) is 0 Å². The number of hydrogen-bond acceptors (Lipinski definition) is 3. The number of rotatable bonds is 11. The van der Waals surface area contributed by atoms with Gasteiger partial charge < -0.3 is 16.0 Å². The van der Waals surface area contributed by atoms with Crippen molar-refractivity contribution in [3.8, 4) is 0 Å². The highest BCUT2D eigenvalue weighted by molar-refractivity contribution is 14.0. The molecule has 7 heteroatoms. The van der Waals surface area contributed by atoms with Crippen LogP contribution in [0.2, 0.25) is 0 Å². The van der Waals surface area contributed by atoms with Crippen molar-refractivity contribution in [2.45, 2.75) is 59.2 Å². The lowest BCUT2D eigenvalue weighted by molar-refractivity contribution is -0.121. The molecule has 0 heterocycles. The van der Waals surface area contributed by atoms with Crippen LogP contribution in [0.5, 0.6) is 0 Å². The summed E-state index contributed by atoms with van der Waals surface area (Å²) in [6.07, 6.45) is 1.47. The van der Waals surface area contributed by atoms with Crippen LogP contribution in [0.4, 0.5) is 0 Å². The number of carbonyl (C=O) groups excluding carboxylic acids is 1. The van der Waals surface area contributed by atoms with Gasteiger partial charge in [-0.15, -0.1) is 24.0 Å². The van der Waals surface area contributed by atoms with Crippen molar-refractivity contribution < 1.29 is 4.79 Å². The number of benzene rings is 1. The third kappa shape index (κ3) is 11.5. The molecule has 0 saturated heterocycles. The second kappa shape index (κ2) is 15.6. The maximum atomic E-state index is 11.9. The van der Waals surface area contributed by atoms with Crippen LogP contribution in [0.3, 0.4) is 0 Å². The molecule has 1 rings (SSSR count). The van der Waals surface area contributed by atoms with Crippen molar-refractivity contribution in [2.24, 2.45) is 4.99 Å². The third-order valence-corrected chi connectivity index (χ3v) is 4.41. The van der Waals surface area contributed by atoms with Crippen molar-refractivity contribution in [3.63, 3.8) is 0 Å². The molecule has 0 aromatic heterocycles. The molecule has 0 radical (unpaired) electrons. The summed E-state index contributed by atoms with van der Waals surface area (Å²) >= 11 is 0. The van der Waals surface area contributed by atoms with Crippen molar-refractivity contribution in [3.05, 3.63) is 35.9 Å². The summed E-state index contributed by atoms with van der Waals surface area (Å²) in [7, 11) is 1.75. The average molecular weight is 503 g/mol. The number of nitrogens with one attached hydrogen (secondary N) is 3. The fraction of sp³-hybridized carbons (Fsp3) is 0.619. The van der Waals surface area contributed by atoms with Crippen LogP contribution >= 0.6 is 24.0 Å². The molecule has 0 aliphatic carbocycles. The van der Waals surface area contributed by atoms with E-state index < -0.39 is 0 Å². The SMILES string of the molecule is CN=C(NCCCN(C(C)C)C(C)C)NCCC(=O)NCc1ccccc1.I. The van der Waals surface area contributed by atoms with E-state index in [1.807, 2.05) is 30.3 Å². The first-order valence-electron chi connectivity index (χ1n) is 9.95. The Bertz CT molecular complexity index is 555. The van der Waals surface area contributed by atoms with Crippen molar-refractivity contribution in [1.82, 2.24) is 20.9 Å². The summed E-state index contributed by atoms with van der Waals surface area (Å²) in [4.78, 5) is 18.6.